The van der Waals surface area contributed by atoms with Gasteiger partial charge in [-0.2, -0.15) is 0 Å². The van der Waals surface area contributed by atoms with E-state index in [1.807, 2.05) is 24.3 Å². The molecule has 1 nitrogen and oxygen atoms in total. The van der Waals surface area contributed by atoms with Gasteiger partial charge in [-0.05, 0) is 11.5 Å². The minimum atomic E-state index is 0.570. The lowest BCUT2D eigenvalue weighted by atomic mass is 10.0. The molecule has 0 fully saturated rings. The largest absolute Gasteiger partial charge is 0.699 e. The van der Waals surface area contributed by atoms with E-state index in [0.717, 1.165) is 0 Å². The Morgan fingerprint density at radius 2 is 1.60 bits per heavy atom. The Hall–Kier alpha value is -0.980. The molecule has 0 radical (unpaired) electrons. The van der Waals surface area contributed by atoms with E-state index in [2.05, 4.69) is 13.8 Å². The first-order valence-electron chi connectivity index (χ1n) is 3.51. The Kier molecular flexibility index (Phi) is 1.95. The molecule has 0 aromatic heterocycles. The molecule has 0 bridgehead atoms. The third-order valence-corrected chi connectivity index (χ3v) is 1.58. The van der Waals surface area contributed by atoms with Crippen molar-refractivity contribution in [1.82, 2.24) is 0 Å². The standard InChI is InChI=1S/C9H12N/c1-7(2)8-3-5-9(10)6-4-8/h3-7,10H,1-2H3/q-1. The zero-order valence-corrected chi connectivity index (χ0v) is 6.39. The fourth-order valence-electron chi connectivity index (χ4n) is 0.868. The highest BCUT2D eigenvalue weighted by Gasteiger charge is 1.94. The molecule has 54 valence electrons. The van der Waals surface area contributed by atoms with Gasteiger partial charge in [0.1, 0.15) is 0 Å². The number of hydrogen-bond donors (Lipinski definition) is 0. The molecule has 1 rings (SSSR count). The summed E-state index contributed by atoms with van der Waals surface area (Å²) in [5, 5.41) is 0. The molecule has 1 heteroatoms. The summed E-state index contributed by atoms with van der Waals surface area (Å²) in [7, 11) is 0. The van der Waals surface area contributed by atoms with Gasteiger partial charge in [-0.3, -0.25) is 0 Å². The molecule has 0 atom stereocenters. The first-order chi connectivity index (χ1) is 4.70. The zero-order valence-electron chi connectivity index (χ0n) is 6.39. The molecule has 1 aromatic carbocycles. The fourth-order valence-corrected chi connectivity index (χ4v) is 0.868. The van der Waals surface area contributed by atoms with Crippen LogP contribution in [0.3, 0.4) is 0 Å². The third-order valence-electron chi connectivity index (χ3n) is 1.58. The first-order valence-corrected chi connectivity index (χ1v) is 3.51. The van der Waals surface area contributed by atoms with Gasteiger partial charge in [0, 0.05) is 0 Å². The molecular weight excluding hydrogens is 122 g/mol. The van der Waals surface area contributed by atoms with Gasteiger partial charge in [-0.15, -0.1) is 5.69 Å². The highest BCUT2D eigenvalue weighted by molar-refractivity contribution is 5.44. The van der Waals surface area contributed by atoms with Crippen molar-refractivity contribution in [3.63, 3.8) is 0 Å². The van der Waals surface area contributed by atoms with E-state index in [1.54, 1.807) is 0 Å². The van der Waals surface area contributed by atoms with Crippen molar-refractivity contribution in [3.05, 3.63) is 35.6 Å². The van der Waals surface area contributed by atoms with Crippen LogP contribution < -0.4 is 0 Å². The van der Waals surface area contributed by atoms with Crippen molar-refractivity contribution in [1.29, 1.82) is 0 Å². The second kappa shape index (κ2) is 2.74. The predicted molar refractivity (Wildman–Crippen MR) is 44.5 cm³/mol. The fraction of sp³-hybridized carbons (Fsp3) is 0.333. The van der Waals surface area contributed by atoms with E-state index < -0.39 is 0 Å². The normalized spacial score (nSPS) is 10.3. The second-order valence-corrected chi connectivity index (χ2v) is 2.78. The molecule has 0 saturated carbocycles. The highest BCUT2D eigenvalue weighted by Crippen LogP contribution is 2.17. The van der Waals surface area contributed by atoms with Crippen molar-refractivity contribution in [2.45, 2.75) is 19.8 Å². The third kappa shape index (κ3) is 1.50. The molecule has 1 aromatic rings. The molecule has 0 aliphatic heterocycles. The van der Waals surface area contributed by atoms with Crippen LogP contribution in [0.2, 0.25) is 0 Å². The van der Waals surface area contributed by atoms with Crippen molar-refractivity contribution in [3.8, 4) is 0 Å². The van der Waals surface area contributed by atoms with Gasteiger partial charge >= 0.3 is 0 Å². The van der Waals surface area contributed by atoms with Gasteiger partial charge in [-0.1, -0.05) is 38.1 Å². The predicted octanol–water partition coefficient (Wildman–Crippen LogP) is 3.49. The summed E-state index contributed by atoms with van der Waals surface area (Å²) < 4.78 is 0. The summed E-state index contributed by atoms with van der Waals surface area (Å²) in [5.41, 5.74) is 9.12. The first kappa shape index (κ1) is 7.13. The lowest BCUT2D eigenvalue weighted by molar-refractivity contribution is 0.867. The topological polar surface area (TPSA) is 23.8 Å². The van der Waals surface area contributed by atoms with Crippen LogP contribution in [0.4, 0.5) is 5.69 Å². The molecular formula is C9H12N-. The lowest BCUT2D eigenvalue weighted by Gasteiger charge is -2.07. The van der Waals surface area contributed by atoms with Crippen molar-refractivity contribution in [2.75, 3.05) is 0 Å². The van der Waals surface area contributed by atoms with Crippen molar-refractivity contribution < 1.29 is 0 Å². The second-order valence-electron chi connectivity index (χ2n) is 2.78. The van der Waals surface area contributed by atoms with E-state index in [9.17, 15) is 0 Å². The number of hydrogen-bond acceptors (Lipinski definition) is 0. The molecule has 0 amide bonds. The number of rotatable bonds is 1. The summed E-state index contributed by atoms with van der Waals surface area (Å²) in [6.45, 7) is 4.30. The Morgan fingerprint density at radius 3 is 2.00 bits per heavy atom. The Morgan fingerprint density at radius 1 is 1.10 bits per heavy atom. The maximum absolute atomic E-state index is 7.23. The SMILES string of the molecule is CC(C)c1ccc([NH-])cc1. The molecule has 0 aliphatic rings. The van der Waals surface area contributed by atoms with E-state index in [0.29, 0.717) is 11.6 Å². The molecule has 0 unspecified atom stereocenters. The summed E-state index contributed by atoms with van der Waals surface area (Å²) in [5.74, 6) is 0.570. The van der Waals surface area contributed by atoms with Gasteiger partial charge in [0.05, 0.1) is 0 Å². The quantitative estimate of drug-likeness (QED) is 0.561. The smallest absolute Gasteiger partial charge is 0.0219 e. The molecule has 0 spiro atoms. The van der Waals surface area contributed by atoms with E-state index in [1.165, 1.54) is 5.56 Å². The molecule has 10 heavy (non-hydrogen) atoms. The summed E-state index contributed by atoms with van der Waals surface area (Å²) in [6.07, 6.45) is 0. The van der Waals surface area contributed by atoms with Crippen LogP contribution in [0.25, 0.3) is 5.73 Å². The molecule has 1 N–H and O–H groups in total. The average Bonchev–Trinajstić information content (AvgIpc) is 1.88. The Labute approximate surface area is 61.9 Å². The van der Waals surface area contributed by atoms with E-state index in [4.69, 9.17) is 5.73 Å². The molecule has 0 heterocycles. The number of benzene rings is 1. The molecule has 0 aliphatic carbocycles. The van der Waals surface area contributed by atoms with Crippen molar-refractivity contribution in [2.24, 2.45) is 0 Å². The van der Waals surface area contributed by atoms with Crippen LogP contribution in [-0.2, 0) is 0 Å². The van der Waals surface area contributed by atoms with Crippen LogP contribution in [0, 0.1) is 0 Å². The monoisotopic (exact) mass is 134 g/mol. The minimum absolute atomic E-state index is 0.570. The summed E-state index contributed by atoms with van der Waals surface area (Å²) in [4.78, 5) is 0. The number of nitrogens with one attached hydrogen (secondary N) is 1. The minimum Gasteiger partial charge on any atom is -0.699 e. The molecule has 0 saturated heterocycles. The van der Waals surface area contributed by atoms with Gasteiger partial charge < -0.3 is 5.73 Å². The Bertz CT molecular complexity index is 198. The van der Waals surface area contributed by atoms with Gasteiger partial charge in [-0.25, -0.2) is 0 Å². The van der Waals surface area contributed by atoms with Crippen molar-refractivity contribution >= 4 is 5.69 Å². The average molecular weight is 134 g/mol. The van der Waals surface area contributed by atoms with Crippen LogP contribution in [0.1, 0.15) is 25.3 Å². The van der Waals surface area contributed by atoms with Gasteiger partial charge in [0.2, 0.25) is 0 Å². The lowest BCUT2D eigenvalue weighted by Crippen LogP contribution is -1.83. The maximum atomic E-state index is 7.23. The summed E-state index contributed by atoms with van der Waals surface area (Å²) >= 11 is 0. The van der Waals surface area contributed by atoms with Crippen LogP contribution in [-0.4, -0.2) is 0 Å². The van der Waals surface area contributed by atoms with Crippen LogP contribution in [0.15, 0.2) is 24.3 Å². The van der Waals surface area contributed by atoms with Gasteiger partial charge in [0.15, 0.2) is 0 Å². The maximum Gasteiger partial charge on any atom is -0.0219 e. The zero-order chi connectivity index (χ0) is 7.56. The van der Waals surface area contributed by atoms with E-state index >= 15 is 0 Å². The van der Waals surface area contributed by atoms with E-state index in [-0.39, 0.29) is 0 Å². The van der Waals surface area contributed by atoms with Gasteiger partial charge in [0.25, 0.3) is 0 Å². The van der Waals surface area contributed by atoms with Crippen LogP contribution >= 0.6 is 0 Å². The Balaban J connectivity index is 2.89. The summed E-state index contributed by atoms with van der Waals surface area (Å²) in [6, 6.07) is 7.67. The van der Waals surface area contributed by atoms with Crippen LogP contribution in [0.5, 0.6) is 0 Å². The highest BCUT2D eigenvalue weighted by atomic mass is 14.5.